The molecule has 1 aromatic rings. The van der Waals surface area contributed by atoms with Crippen LogP contribution >= 0.6 is 0 Å². The van der Waals surface area contributed by atoms with E-state index in [4.69, 9.17) is 5.11 Å². The fourth-order valence-electron chi connectivity index (χ4n) is 0.709. The first-order chi connectivity index (χ1) is 5.70. The van der Waals surface area contributed by atoms with Crippen LogP contribution in [0.5, 0.6) is 5.75 Å². The minimum Gasteiger partial charge on any atom is -0.506 e. The van der Waals surface area contributed by atoms with Crippen LogP contribution in [0, 0.1) is 0 Å². The SMILES string of the molecule is CC(O)ONc1ccccc1O. The van der Waals surface area contributed by atoms with Crippen LogP contribution in [0.4, 0.5) is 5.69 Å². The van der Waals surface area contributed by atoms with Gasteiger partial charge in [0.05, 0.1) is 0 Å². The smallest absolute Gasteiger partial charge is 0.178 e. The third kappa shape index (κ3) is 2.41. The van der Waals surface area contributed by atoms with Crippen LogP contribution < -0.4 is 5.48 Å². The van der Waals surface area contributed by atoms with Crippen molar-refractivity contribution in [1.29, 1.82) is 0 Å². The van der Waals surface area contributed by atoms with Gasteiger partial charge in [0.25, 0.3) is 0 Å². The number of rotatable bonds is 3. The molecule has 0 aliphatic carbocycles. The van der Waals surface area contributed by atoms with Gasteiger partial charge in [-0.3, -0.25) is 5.48 Å². The molecule has 0 amide bonds. The van der Waals surface area contributed by atoms with E-state index in [0.29, 0.717) is 5.69 Å². The molecule has 0 radical (unpaired) electrons. The van der Waals surface area contributed by atoms with Crippen LogP contribution in [0.1, 0.15) is 6.92 Å². The topological polar surface area (TPSA) is 61.7 Å². The van der Waals surface area contributed by atoms with E-state index in [1.807, 2.05) is 0 Å². The van der Waals surface area contributed by atoms with Crippen molar-refractivity contribution in [3.8, 4) is 5.75 Å². The number of nitrogens with one attached hydrogen (secondary N) is 1. The van der Waals surface area contributed by atoms with E-state index in [-0.39, 0.29) is 5.75 Å². The zero-order valence-electron chi connectivity index (χ0n) is 6.69. The zero-order valence-corrected chi connectivity index (χ0v) is 6.69. The number of aliphatic hydroxyl groups is 1. The second kappa shape index (κ2) is 3.94. The molecule has 1 rings (SSSR count). The third-order valence-corrected chi connectivity index (χ3v) is 1.24. The summed E-state index contributed by atoms with van der Waals surface area (Å²) in [7, 11) is 0. The molecule has 0 fully saturated rings. The lowest BCUT2D eigenvalue weighted by atomic mass is 10.3. The maximum absolute atomic E-state index is 9.20. The summed E-state index contributed by atoms with van der Waals surface area (Å²) in [4.78, 5) is 4.65. The predicted molar refractivity (Wildman–Crippen MR) is 44.5 cm³/mol. The summed E-state index contributed by atoms with van der Waals surface area (Å²) < 4.78 is 0. The van der Waals surface area contributed by atoms with Crippen molar-refractivity contribution in [1.82, 2.24) is 0 Å². The van der Waals surface area contributed by atoms with E-state index in [9.17, 15) is 5.11 Å². The Hall–Kier alpha value is -1.26. The van der Waals surface area contributed by atoms with E-state index in [1.165, 1.54) is 13.0 Å². The fourth-order valence-corrected chi connectivity index (χ4v) is 0.709. The summed E-state index contributed by atoms with van der Waals surface area (Å²) in [5.74, 6) is 0.0816. The van der Waals surface area contributed by atoms with Gasteiger partial charge in [0, 0.05) is 0 Å². The third-order valence-electron chi connectivity index (χ3n) is 1.24. The largest absolute Gasteiger partial charge is 0.506 e. The summed E-state index contributed by atoms with van der Waals surface area (Å²) in [6, 6.07) is 6.60. The fraction of sp³-hybridized carbons (Fsp3) is 0.250. The maximum atomic E-state index is 9.20. The molecule has 66 valence electrons. The van der Waals surface area contributed by atoms with Crippen molar-refractivity contribution >= 4 is 5.69 Å². The van der Waals surface area contributed by atoms with Gasteiger partial charge in [-0.1, -0.05) is 12.1 Å². The molecule has 1 aromatic carbocycles. The molecule has 0 aliphatic rings. The Morgan fingerprint density at radius 2 is 2.08 bits per heavy atom. The number of phenols is 1. The normalized spacial score (nSPS) is 12.5. The first-order valence-electron chi connectivity index (χ1n) is 3.58. The van der Waals surface area contributed by atoms with E-state index in [0.717, 1.165) is 0 Å². The molecule has 4 heteroatoms. The van der Waals surface area contributed by atoms with Crippen molar-refractivity contribution in [2.24, 2.45) is 0 Å². The first kappa shape index (κ1) is 8.83. The average Bonchev–Trinajstić information content (AvgIpc) is 2.03. The Morgan fingerprint density at radius 1 is 1.42 bits per heavy atom. The standard InChI is InChI=1S/C8H11NO3/c1-6(10)12-9-7-4-2-3-5-8(7)11/h2-6,9-11H,1H3. The maximum Gasteiger partial charge on any atom is 0.178 e. The predicted octanol–water partition coefficient (Wildman–Crippen LogP) is 1.07. The van der Waals surface area contributed by atoms with Crippen LogP contribution in [-0.4, -0.2) is 16.5 Å². The Morgan fingerprint density at radius 3 is 2.67 bits per heavy atom. The van der Waals surface area contributed by atoms with Crippen molar-refractivity contribution in [3.05, 3.63) is 24.3 Å². The van der Waals surface area contributed by atoms with Gasteiger partial charge in [-0.25, -0.2) is 4.84 Å². The molecule has 3 N–H and O–H groups in total. The van der Waals surface area contributed by atoms with E-state index in [2.05, 4.69) is 10.3 Å². The molecule has 0 bridgehead atoms. The molecule has 0 aromatic heterocycles. The number of anilines is 1. The molecule has 0 saturated heterocycles. The second-order valence-corrected chi connectivity index (χ2v) is 2.34. The molecule has 0 saturated carbocycles. The molecule has 12 heavy (non-hydrogen) atoms. The van der Waals surface area contributed by atoms with Gasteiger partial charge in [-0.2, -0.15) is 0 Å². The highest BCUT2D eigenvalue weighted by Gasteiger charge is 1.99. The lowest BCUT2D eigenvalue weighted by Gasteiger charge is -2.09. The Kier molecular flexibility index (Phi) is 2.90. The summed E-state index contributed by atoms with van der Waals surface area (Å²) in [5, 5.41) is 17.9. The molecule has 0 heterocycles. The van der Waals surface area contributed by atoms with Gasteiger partial charge in [-0.05, 0) is 19.1 Å². The minimum absolute atomic E-state index is 0.0816. The molecular weight excluding hydrogens is 158 g/mol. The summed E-state index contributed by atoms with van der Waals surface area (Å²) in [6.45, 7) is 1.47. The average molecular weight is 169 g/mol. The van der Waals surface area contributed by atoms with Crippen molar-refractivity contribution in [3.63, 3.8) is 0 Å². The molecular formula is C8H11NO3. The van der Waals surface area contributed by atoms with Crippen LogP contribution in [0.2, 0.25) is 0 Å². The molecule has 1 atom stereocenters. The highest BCUT2D eigenvalue weighted by atomic mass is 16.7. The number of benzene rings is 1. The number of aromatic hydroxyl groups is 1. The van der Waals surface area contributed by atoms with Crippen molar-refractivity contribution in [2.75, 3.05) is 5.48 Å². The van der Waals surface area contributed by atoms with Gasteiger partial charge in [0.1, 0.15) is 11.4 Å². The van der Waals surface area contributed by atoms with Crippen LogP contribution in [0.15, 0.2) is 24.3 Å². The number of para-hydroxylation sites is 2. The van der Waals surface area contributed by atoms with E-state index >= 15 is 0 Å². The van der Waals surface area contributed by atoms with Crippen LogP contribution in [0.25, 0.3) is 0 Å². The number of hydrogen-bond donors (Lipinski definition) is 3. The van der Waals surface area contributed by atoms with Gasteiger partial charge in [0.2, 0.25) is 0 Å². The lowest BCUT2D eigenvalue weighted by Crippen LogP contribution is -2.11. The number of hydrogen-bond acceptors (Lipinski definition) is 4. The Labute approximate surface area is 70.4 Å². The van der Waals surface area contributed by atoms with E-state index in [1.54, 1.807) is 18.2 Å². The second-order valence-electron chi connectivity index (χ2n) is 2.34. The monoisotopic (exact) mass is 169 g/mol. The van der Waals surface area contributed by atoms with Gasteiger partial charge in [0.15, 0.2) is 6.29 Å². The van der Waals surface area contributed by atoms with Crippen LogP contribution in [0.3, 0.4) is 0 Å². The highest BCUT2D eigenvalue weighted by molar-refractivity contribution is 5.53. The van der Waals surface area contributed by atoms with Gasteiger partial charge < -0.3 is 10.2 Å². The summed E-state index contributed by atoms with van der Waals surface area (Å²) in [5.41, 5.74) is 2.84. The molecule has 4 nitrogen and oxygen atoms in total. The van der Waals surface area contributed by atoms with Crippen molar-refractivity contribution < 1.29 is 15.1 Å². The zero-order chi connectivity index (χ0) is 8.97. The first-order valence-corrected chi connectivity index (χ1v) is 3.58. The molecule has 1 unspecified atom stereocenters. The van der Waals surface area contributed by atoms with Gasteiger partial charge in [-0.15, -0.1) is 0 Å². The molecule has 0 spiro atoms. The lowest BCUT2D eigenvalue weighted by molar-refractivity contribution is -0.0595. The summed E-state index contributed by atoms with van der Waals surface area (Å²) in [6.07, 6.45) is -0.912. The highest BCUT2D eigenvalue weighted by Crippen LogP contribution is 2.21. The Balaban J connectivity index is 2.57. The van der Waals surface area contributed by atoms with E-state index < -0.39 is 6.29 Å². The molecule has 0 aliphatic heterocycles. The van der Waals surface area contributed by atoms with Crippen molar-refractivity contribution in [2.45, 2.75) is 13.2 Å². The quantitative estimate of drug-likeness (QED) is 0.360. The summed E-state index contributed by atoms with van der Waals surface area (Å²) >= 11 is 0. The van der Waals surface area contributed by atoms with Crippen LogP contribution in [-0.2, 0) is 4.84 Å². The van der Waals surface area contributed by atoms with Gasteiger partial charge >= 0.3 is 0 Å². The number of aliphatic hydroxyl groups excluding tert-OH is 1. The minimum atomic E-state index is -0.912. The number of phenolic OH excluding ortho intramolecular Hbond substituents is 1. The Bertz CT molecular complexity index is 250.